The minimum Gasteiger partial charge on any atom is -0.460 e. The highest BCUT2D eigenvalue weighted by molar-refractivity contribution is 6.06. The van der Waals surface area contributed by atoms with Crippen LogP contribution in [0.25, 0.3) is 55.4 Å². The average molecular weight is 570 g/mol. The molecule has 3 heterocycles. The van der Waals surface area contributed by atoms with Crippen molar-refractivity contribution in [1.29, 1.82) is 0 Å². The second kappa shape index (κ2) is 10.0. The largest absolute Gasteiger partial charge is 0.460 e. The van der Waals surface area contributed by atoms with Crippen LogP contribution >= 0.6 is 0 Å². The molecular formula is C39H27N3O2. The van der Waals surface area contributed by atoms with Gasteiger partial charge in [-0.15, -0.1) is 0 Å². The van der Waals surface area contributed by atoms with Gasteiger partial charge in [-0.3, -0.25) is 0 Å². The molecule has 0 spiro atoms. The Bertz CT molecular complexity index is 2320. The van der Waals surface area contributed by atoms with Crippen molar-refractivity contribution < 1.29 is 8.83 Å². The lowest BCUT2D eigenvalue weighted by molar-refractivity contribution is 0.513. The second-order valence-electron chi connectivity index (χ2n) is 11.4. The van der Waals surface area contributed by atoms with Crippen LogP contribution in [0, 0.1) is 0 Å². The molecule has 0 aliphatic heterocycles. The van der Waals surface area contributed by atoms with Crippen LogP contribution in [-0.2, 0) is 0 Å². The van der Waals surface area contributed by atoms with Gasteiger partial charge in [0.15, 0.2) is 17.5 Å². The van der Waals surface area contributed by atoms with Crippen LogP contribution in [0.1, 0.15) is 53.7 Å². The zero-order valence-corrected chi connectivity index (χ0v) is 23.9. The molecule has 0 radical (unpaired) electrons. The molecule has 9 rings (SSSR count). The van der Waals surface area contributed by atoms with Crippen LogP contribution in [0.3, 0.4) is 0 Å². The molecule has 7 aromatic rings. The summed E-state index contributed by atoms with van der Waals surface area (Å²) in [6.07, 6.45) is 11.5. The fraction of sp³-hybridized carbons (Fsp3) is 0.103. The third-order valence-corrected chi connectivity index (χ3v) is 8.74. The summed E-state index contributed by atoms with van der Waals surface area (Å²) in [7, 11) is 0. The van der Waals surface area contributed by atoms with E-state index in [1.54, 1.807) is 0 Å². The van der Waals surface area contributed by atoms with Crippen molar-refractivity contribution in [2.75, 3.05) is 0 Å². The monoisotopic (exact) mass is 569 g/mol. The second-order valence-corrected chi connectivity index (χ2v) is 11.4. The number of benzene rings is 4. The predicted molar refractivity (Wildman–Crippen MR) is 175 cm³/mol. The fourth-order valence-corrected chi connectivity index (χ4v) is 6.67. The molecule has 3 aromatic heterocycles. The van der Waals surface area contributed by atoms with Gasteiger partial charge in [0.05, 0.1) is 0 Å². The summed E-state index contributed by atoms with van der Waals surface area (Å²) in [5.41, 5.74) is 7.76. The maximum atomic E-state index is 6.72. The van der Waals surface area contributed by atoms with E-state index in [1.807, 2.05) is 54.6 Å². The lowest BCUT2D eigenvalue weighted by Crippen LogP contribution is -2.11. The molecule has 0 N–H and O–H groups in total. The van der Waals surface area contributed by atoms with Gasteiger partial charge in [-0.1, -0.05) is 109 Å². The van der Waals surface area contributed by atoms with E-state index >= 15 is 0 Å². The van der Waals surface area contributed by atoms with Crippen molar-refractivity contribution in [3.8, 4) is 11.4 Å². The normalized spacial score (nSPS) is 16.3. The Labute approximate surface area is 253 Å². The maximum Gasteiger partial charge on any atom is 0.164 e. The van der Waals surface area contributed by atoms with E-state index in [4.69, 9.17) is 23.8 Å². The first kappa shape index (κ1) is 25.0. The minimum absolute atomic E-state index is 0.0238. The summed E-state index contributed by atoms with van der Waals surface area (Å²) in [5, 5.41) is 3.29. The number of aromatic nitrogens is 3. The molecule has 0 saturated heterocycles. The maximum absolute atomic E-state index is 6.72. The van der Waals surface area contributed by atoms with E-state index in [-0.39, 0.29) is 5.92 Å². The van der Waals surface area contributed by atoms with Gasteiger partial charge >= 0.3 is 0 Å². The van der Waals surface area contributed by atoms with Gasteiger partial charge < -0.3 is 8.83 Å². The van der Waals surface area contributed by atoms with Crippen molar-refractivity contribution in [2.24, 2.45) is 0 Å². The van der Waals surface area contributed by atoms with Crippen molar-refractivity contribution in [3.63, 3.8) is 0 Å². The first-order valence-corrected chi connectivity index (χ1v) is 15.1. The van der Waals surface area contributed by atoms with E-state index in [1.165, 1.54) is 0 Å². The van der Waals surface area contributed by atoms with Gasteiger partial charge in [0, 0.05) is 49.9 Å². The zero-order chi connectivity index (χ0) is 29.0. The lowest BCUT2D eigenvalue weighted by atomic mass is 9.82. The molecule has 0 saturated carbocycles. The molecule has 5 heteroatoms. The van der Waals surface area contributed by atoms with Gasteiger partial charge in [-0.25, -0.2) is 15.0 Å². The molecule has 210 valence electrons. The van der Waals surface area contributed by atoms with Crippen LogP contribution in [-0.4, -0.2) is 15.0 Å². The summed E-state index contributed by atoms with van der Waals surface area (Å²) in [5.74, 6) is 2.90. The molecule has 0 amide bonds. The van der Waals surface area contributed by atoms with Crippen LogP contribution < -0.4 is 0 Å². The van der Waals surface area contributed by atoms with Crippen molar-refractivity contribution in [2.45, 2.75) is 25.2 Å². The first-order chi connectivity index (χ1) is 21.8. The summed E-state index contributed by atoms with van der Waals surface area (Å²) in [6, 6.07) is 33.0. The standard InChI is InChI=1S/C39H27N3O2/c1-3-12-24(13-4-1)37-40-38(25-14-5-2-6-15-25)42-39(41-37)31-23-22-29(36-34(31)30-17-8-10-21-33(30)44-36)28-19-11-18-27-26-16-7-9-20-32(26)43-35(27)28/h1,3-5,7-21,23,29H,2,6,22H2. The number of rotatable bonds is 4. The Kier molecular flexibility index (Phi) is 5.69. The van der Waals surface area contributed by atoms with E-state index in [2.05, 4.69) is 66.8 Å². The van der Waals surface area contributed by atoms with Crippen LogP contribution in [0.15, 0.2) is 130 Å². The van der Waals surface area contributed by atoms with E-state index in [9.17, 15) is 0 Å². The number of fused-ring (bicyclic) bond motifs is 6. The Balaban J connectivity index is 1.26. The third kappa shape index (κ3) is 3.97. The highest BCUT2D eigenvalue weighted by atomic mass is 16.3. The number of para-hydroxylation sites is 3. The molecule has 0 bridgehead atoms. The van der Waals surface area contributed by atoms with Gasteiger partial charge in [0.2, 0.25) is 0 Å². The van der Waals surface area contributed by atoms with Crippen molar-refractivity contribution in [3.05, 3.63) is 150 Å². The summed E-state index contributed by atoms with van der Waals surface area (Å²) >= 11 is 0. The molecule has 44 heavy (non-hydrogen) atoms. The molecule has 5 nitrogen and oxygen atoms in total. The van der Waals surface area contributed by atoms with Gasteiger partial charge in [-0.05, 0) is 31.4 Å². The number of hydrogen-bond acceptors (Lipinski definition) is 5. The molecule has 0 fully saturated rings. The summed E-state index contributed by atoms with van der Waals surface area (Å²) in [4.78, 5) is 15.1. The van der Waals surface area contributed by atoms with E-state index in [0.717, 1.165) is 85.8 Å². The molecule has 1 unspecified atom stereocenters. The Hall–Kier alpha value is -5.55. The van der Waals surface area contributed by atoms with E-state index in [0.29, 0.717) is 17.5 Å². The summed E-state index contributed by atoms with van der Waals surface area (Å²) < 4.78 is 13.2. The van der Waals surface area contributed by atoms with Crippen LogP contribution in [0.5, 0.6) is 0 Å². The van der Waals surface area contributed by atoms with Crippen LogP contribution in [0.2, 0.25) is 0 Å². The average Bonchev–Trinajstić information content (AvgIpc) is 3.68. The van der Waals surface area contributed by atoms with Crippen LogP contribution in [0.4, 0.5) is 0 Å². The number of hydrogen-bond donors (Lipinski definition) is 0. The SMILES string of the molecule is C1=CC(c2nc(C3=CCC(c4cccc5c4oc4ccccc45)c4oc5ccccc5c43)nc(-c3ccccc3)n2)=CCC1. The topological polar surface area (TPSA) is 65.0 Å². The third-order valence-electron chi connectivity index (χ3n) is 8.74. The number of furan rings is 2. The Morgan fingerprint density at radius 1 is 0.591 bits per heavy atom. The fourth-order valence-electron chi connectivity index (χ4n) is 6.67. The van der Waals surface area contributed by atoms with E-state index < -0.39 is 0 Å². The predicted octanol–water partition coefficient (Wildman–Crippen LogP) is 9.88. The summed E-state index contributed by atoms with van der Waals surface area (Å²) in [6.45, 7) is 0. The van der Waals surface area contributed by atoms with Crippen molar-refractivity contribution >= 4 is 44.1 Å². The Morgan fingerprint density at radius 3 is 2.16 bits per heavy atom. The molecular weight excluding hydrogens is 542 g/mol. The smallest absolute Gasteiger partial charge is 0.164 e. The zero-order valence-electron chi connectivity index (χ0n) is 23.9. The molecule has 1 atom stereocenters. The number of nitrogens with zero attached hydrogens (tertiary/aromatic N) is 3. The minimum atomic E-state index is -0.0238. The Morgan fingerprint density at radius 2 is 1.32 bits per heavy atom. The quantitative estimate of drug-likeness (QED) is 0.211. The molecule has 4 aromatic carbocycles. The lowest BCUT2D eigenvalue weighted by Gasteiger charge is -2.22. The molecule has 2 aliphatic rings. The highest BCUT2D eigenvalue weighted by Gasteiger charge is 2.33. The highest BCUT2D eigenvalue weighted by Crippen LogP contribution is 2.47. The first-order valence-electron chi connectivity index (χ1n) is 15.1. The van der Waals surface area contributed by atoms with Gasteiger partial charge in [-0.2, -0.15) is 0 Å². The van der Waals surface area contributed by atoms with Gasteiger partial charge in [0.25, 0.3) is 0 Å². The number of allylic oxidation sites excluding steroid dienone is 5. The van der Waals surface area contributed by atoms with Crippen molar-refractivity contribution in [1.82, 2.24) is 15.0 Å². The molecule has 2 aliphatic carbocycles. The van der Waals surface area contributed by atoms with Gasteiger partial charge in [0.1, 0.15) is 22.5 Å².